The fourth-order valence-corrected chi connectivity index (χ4v) is 2.81. The van der Waals surface area contributed by atoms with E-state index in [1.807, 2.05) is 6.07 Å². The van der Waals surface area contributed by atoms with Crippen molar-refractivity contribution in [1.82, 2.24) is 9.97 Å². The number of rotatable bonds is 3. The number of aryl methyl sites for hydroxylation is 2. The Hall–Kier alpha value is -1.84. The Balaban J connectivity index is 1.71. The minimum Gasteiger partial charge on any atom is -0.313 e. The van der Waals surface area contributed by atoms with Crippen molar-refractivity contribution < 1.29 is 4.39 Å². The van der Waals surface area contributed by atoms with Gasteiger partial charge in [-0.2, -0.15) is 0 Å². The molecule has 2 aromatic rings. The van der Waals surface area contributed by atoms with Gasteiger partial charge in [0.25, 0.3) is 0 Å². The number of fused-ring (bicyclic) bond motifs is 1. The summed E-state index contributed by atoms with van der Waals surface area (Å²) in [6.07, 6.45) is 5.60. The van der Waals surface area contributed by atoms with Crippen LogP contribution in [0.25, 0.3) is 0 Å². The molecule has 0 saturated carbocycles. The maximum absolute atomic E-state index is 13.1. The lowest BCUT2D eigenvalue weighted by atomic mass is 9.95. The Kier molecular flexibility index (Phi) is 2.78. The van der Waals surface area contributed by atoms with Gasteiger partial charge >= 0.3 is 5.69 Å². The van der Waals surface area contributed by atoms with Crippen molar-refractivity contribution in [1.29, 1.82) is 0 Å². The fourth-order valence-electron chi connectivity index (χ4n) is 2.81. The predicted octanol–water partition coefficient (Wildman–Crippen LogP) is 2.50. The molecule has 1 aliphatic carbocycles. The maximum Gasteiger partial charge on any atom is 0.323 e. The Morgan fingerprint density at radius 1 is 1.39 bits per heavy atom. The van der Waals surface area contributed by atoms with Crippen LogP contribution in [0.4, 0.5) is 4.39 Å². The van der Waals surface area contributed by atoms with E-state index in [2.05, 4.69) is 9.97 Å². The summed E-state index contributed by atoms with van der Waals surface area (Å²) in [6.45, 7) is 0. The minimum atomic E-state index is -0.154. The van der Waals surface area contributed by atoms with Gasteiger partial charge in [-0.3, -0.25) is 0 Å². The van der Waals surface area contributed by atoms with Crippen molar-refractivity contribution in [2.45, 2.75) is 31.6 Å². The van der Waals surface area contributed by atoms with E-state index in [4.69, 9.17) is 0 Å². The first-order chi connectivity index (χ1) is 8.72. The Morgan fingerprint density at radius 3 is 3.06 bits per heavy atom. The van der Waals surface area contributed by atoms with Crippen LogP contribution in [0.5, 0.6) is 0 Å². The standard InChI is InChI=1S/C14H15FN2O/c15-11-4-6-13-9(1-2-10(13)7-11)3-5-12-8-16-14(18)17-12/h4,6-9H,1-3,5H2,(H2,16,17,18)/t9-/m1/s1. The Bertz CT molecular complexity index is 614. The molecule has 0 aliphatic heterocycles. The molecule has 0 saturated heterocycles. The van der Waals surface area contributed by atoms with Crippen LogP contribution in [0.15, 0.2) is 29.2 Å². The molecule has 1 aliphatic rings. The second kappa shape index (κ2) is 4.44. The van der Waals surface area contributed by atoms with Gasteiger partial charge in [-0.15, -0.1) is 0 Å². The number of aromatic amines is 2. The molecule has 94 valence electrons. The average Bonchev–Trinajstić information content (AvgIpc) is 2.92. The van der Waals surface area contributed by atoms with E-state index in [1.54, 1.807) is 12.3 Å². The van der Waals surface area contributed by atoms with Gasteiger partial charge in [-0.25, -0.2) is 9.18 Å². The van der Waals surface area contributed by atoms with Crippen molar-refractivity contribution in [3.63, 3.8) is 0 Å². The van der Waals surface area contributed by atoms with Crippen molar-refractivity contribution >= 4 is 0 Å². The second-order valence-corrected chi connectivity index (χ2v) is 4.89. The summed E-state index contributed by atoms with van der Waals surface area (Å²) in [5, 5.41) is 0. The molecule has 1 heterocycles. The minimum absolute atomic E-state index is 0.149. The fraction of sp³-hybridized carbons (Fsp3) is 0.357. The first kappa shape index (κ1) is 11.3. The maximum atomic E-state index is 13.1. The SMILES string of the molecule is O=c1[nH]cc(CC[C@H]2CCc3cc(F)ccc32)[nH]1. The lowest BCUT2D eigenvalue weighted by Gasteiger charge is -2.10. The van der Waals surface area contributed by atoms with E-state index >= 15 is 0 Å². The predicted molar refractivity (Wildman–Crippen MR) is 67.2 cm³/mol. The molecular weight excluding hydrogens is 231 g/mol. The molecule has 1 aromatic carbocycles. The highest BCUT2D eigenvalue weighted by Crippen LogP contribution is 2.36. The van der Waals surface area contributed by atoms with E-state index in [-0.39, 0.29) is 11.5 Å². The van der Waals surface area contributed by atoms with Crippen molar-refractivity contribution in [2.24, 2.45) is 0 Å². The van der Waals surface area contributed by atoms with E-state index in [1.165, 1.54) is 11.6 Å². The summed E-state index contributed by atoms with van der Waals surface area (Å²) in [4.78, 5) is 16.3. The summed E-state index contributed by atoms with van der Waals surface area (Å²) in [7, 11) is 0. The molecule has 0 fully saturated rings. The van der Waals surface area contributed by atoms with Crippen molar-refractivity contribution in [3.8, 4) is 0 Å². The topological polar surface area (TPSA) is 48.6 Å². The molecule has 1 aromatic heterocycles. The van der Waals surface area contributed by atoms with E-state index in [0.29, 0.717) is 5.92 Å². The lowest BCUT2D eigenvalue weighted by molar-refractivity contribution is 0.613. The van der Waals surface area contributed by atoms with E-state index in [0.717, 1.165) is 36.9 Å². The first-order valence-corrected chi connectivity index (χ1v) is 6.27. The van der Waals surface area contributed by atoms with Crippen molar-refractivity contribution in [3.05, 3.63) is 57.5 Å². The second-order valence-electron chi connectivity index (χ2n) is 4.89. The largest absolute Gasteiger partial charge is 0.323 e. The third-order valence-corrected chi connectivity index (χ3v) is 3.72. The van der Waals surface area contributed by atoms with Crippen LogP contribution in [0, 0.1) is 5.82 Å². The van der Waals surface area contributed by atoms with Gasteiger partial charge < -0.3 is 9.97 Å². The summed E-state index contributed by atoms with van der Waals surface area (Å²) in [5.41, 5.74) is 3.20. The molecule has 1 atom stereocenters. The van der Waals surface area contributed by atoms with Gasteiger partial charge in [-0.05, 0) is 54.9 Å². The number of aromatic nitrogens is 2. The Morgan fingerprint density at radius 2 is 2.28 bits per heavy atom. The van der Waals surface area contributed by atoms with Gasteiger partial charge in [0.05, 0.1) is 0 Å². The van der Waals surface area contributed by atoms with Crippen LogP contribution in [0.2, 0.25) is 0 Å². The molecular formula is C14H15FN2O. The third-order valence-electron chi connectivity index (χ3n) is 3.72. The smallest absolute Gasteiger partial charge is 0.313 e. The van der Waals surface area contributed by atoms with Crippen LogP contribution >= 0.6 is 0 Å². The zero-order chi connectivity index (χ0) is 12.5. The van der Waals surface area contributed by atoms with E-state index < -0.39 is 0 Å². The molecule has 4 heteroatoms. The van der Waals surface area contributed by atoms with Crippen LogP contribution < -0.4 is 5.69 Å². The number of hydrogen-bond donors (Lipinski definition) is 2. The summed E-state index contributed by atoms with van der Waals surface area (Å²) in [5.74, 6) is 0.336. The summed E-state index contributed by atoms with van der Waals surface area (Å²) in [6, 6.07) is 5.09. The molecule has 3 nitrogen and oxygen atoms in total. The molecule has 0 unspecified atom stereocenters. The number of benzene rings is 1. The number of halogens is 1. The summed E-state index contributed by atoms with van der Waals surface area (Å²) >= 11 is 0. The van der Waals surface area contributed by atoms with Gasteiger partial charge in [0.2, 0.25) is 0 Å². The number of nitrogens with one attached hydrogen (secondary N) is 2. The number of hydrogen-bond acceptors (Lipinski definition) is 1. The van der Waals surface area contributed by atoms with E-state index in [9.17, 15) is 9.18 Å². The highest BCUT2D eigenvalue weighted by atomic mass is 19.1. The summed E-state index contributed by atoms with van der Waals surface area (Å²) < 4.78 is 13.1. The third kappa shape index (κ3) is 2.10. The monoisotopic (exact) mass is 246 g/mol. The van der Waals surface area contributed by atoms with Crippen LogP contribution in [-0.2, 0) is 12.8 Å². The van der Waals surface area contributed by atoms with Gasteiger partial charge in [0.15, 0.2) is 0 Å². The highest BCUT2D eigenvalue weighted by molar-refractivity contribution is 5.35. The molecule has 0 amide bonds. The zero-order valence-corrected chi connectivity index (χ0v) is 10.0. The van der Waals surface area contributed by atoms with Gasteiger partial charge in [-0.1, -0.05) is 6.07 Å². The Labute approximate surface area is 104 Å². The lowest BCUT2D eigenvalue weighted by Crippen LogP contribution is -2.02. The van der Waals surface area contributed by atoms with Crippen molar-refractivity contribution in [2.75, 3.05) is 0 Å². The molecule has 0 spiro atoms. The quantitative estimate of drug-likeness (QED) is 0.859. The molecule has 2 N–H and O–H groups in total. The normalized spacial score (nSPS) is 17.9. The highest BCUT2D eigenvalue weighted by Gasteiger charge is 2.22. The number of imidazole rings is 1. The molecule has 3 rings (SSSR count). The average molecular weight is 246 g/mol. The van der Waals surface area contributed by atoms with Gasteiger partial charge in [0, 0.05) is 11.9 Å². The zero-order valence-electron chi connectivity index (χ0n) is 10.0. The number of H-pyrrole nitrogens is 2. The van der Waals surface area contributed by atoms with Crippen LogP contribution in [0.1, 0.15) is 35.6 Å². The van der Waals surface area contributed by atoms with Gasteiger partial charge in [0.1, 0.15) is 5.82 Å². The molecule has 0 radical (unpaired) electrons. The first-order valence-electron chi connectivity index (χ1n) is 6.27. The van der Waals surface area contributed by atoms with Crippen LogP contribution in [0.3, 0.4) is 0 Å². The molecule has 0 bridgehead atoms. The van der Waals surface area contributed by atoms with Crippen LogP contribution in [-0.4, -0.2) is 9.97 Å². The molecule has 18 heavy (non-hydrogen) atoms.